The van der Waals surface area contributed by atoms with Crippen LogP contribution in [0.4, 0.5) is 11.5 Å². The van der Waals surface area contributed by atoms with Crippen LogP contribution >= 0.6 is 11.6 Å². The molecule has 3 aromatic rings. The summed E-state index contributed by atoms with van der Waals surface area (Å²) in [5, 5.41) is 5.82. The third-order valence-electron chi connectivity index (χ3n) is 4.21. The monoisotopic (exact) mass is 355 g/mol. The van der Waals surface area contributed by atoms with E-state index in [1.54, 1.807) is 18.5 Å². The number of ether oxygens (including phenoxy) is 2. The molecule has 0 unspecified atom stereocenters. The van der Waals surface area contributed by atoms with Crippen molar-refractivity contribution in [2.75, 3.05) is 25.1 Å². The molecule has 0 atom stereocenters. The molecule has 1 aliphatic heterocycles. The van der Waals surface area contributed by atoms with Crippen molar-refractivity contribution in [2.24, 2.45) is 5.41 Å². The Morgan fingerprint density at radius 1 is 1.20 bits per heavy atom. The normalized spacial score (nSPS) is 15.6. The van der Waals surface area contributed by atoms with Gasteiger partial charge in [-0.1, -0.05) is 18.5 Å². The SMILES string of the molecule is CC1(COc2ccc3c(Nc4ccc(Cl)nc4)nccc3c2)COC1. The Bertz CT molecular complexity index is 895. The van der Waals surface area contributed by atoms with Crippen LogP contribution in [0.5, 0.6) is 5.75 Å². The largest absolute Gasteiger partial charge is 0.493 e. The Kier molecular flexibility index (Phi) is 4.19. The first kappa shape index (κ1) is 16.1. The molecule has 128 valence electrons. The van der Waals surface area contributed by atoms with Crippen LogP contribution in [0, 0.1) is 5.41 Å². The highest BCUT2D eigenvalue weighted by molar-refractivity contribution is 6.29. The Hall–Kier alpha value is -2.37. The molecule has 5 nitrogen and oxygen atoms in total. The fraction of sp³-hybridized carbons (Fsp3) is 0.263. The third-order valence-corrected chi connectivity index (χ3v) is 4.44. The maximum absolute atomic E-state index is 5.95. The van der Waals surface area contributed by atoms with E-state index in [0.29, 0.717) is 11.8 Å². The molecular formula is C19H18ClN3O2. The first-order chi connectivity index (χ1) is 12.1. The Balaban J connectivity index is 1.55. The minimum Gasteiger partial charge on any atom is -0.493 e. The lowest BCUT2D eigenvalue weighted by Gasteiger charge is -2.37. The van der Waals surface area contributed by atoms with Crippen LogP contribution in [-0.4, -0.2) is 29.8 Å². The summed E-state index contributed by atoms with van der Waals surface area (Å²) >= 11 is 5.83. The minimum absolute atomic E-state index is 0.126. The van der Waals surface area contributed by atoms with Crippen molar-refractivity contribution in [3.8, 4) is 5.75 Å². The van der Waals surface area contributed by atoms with Crippen molar-refractivity contribution < 1.29 is 9.47 Å². The van der Waals surface area contributed by atoms with Gasteiger partial charge in [0.05, 0.1) is 31.7 Å². The Morgan fingerprint density at radius 2 is 2.08 bits per heavy atom. The number of hydrogen-bond donors (Lipinski definition) is 1. The van der Waals surface area contributed by atoms with Crippen molar-refractivity contribution in [1.82, 2.24) is 9.97 Å². The molecule has 0 amide bonds. The van der Waals surface area contributed by atoms with E-state index in [1.165, 1.54) is 0 Å². The van der Waals surface area contributed by atoms with Crippen LogP contribution in [0.2, 0.25) is 5.15 Å². The van der Waals surface area contributed by atoms with E-state index in [0.717, 1.165) is 41.2 Å². The number of nitrogens with one attached hydrogen (secondary N) is 1. The van der Waals surface area contributed by atoms with Gasteiger partial charge in [-0.15, -0.1) is 0 Å². The van der Waals surface area contributed by atoms with Crippen LogP contribution in [0.15, 0.2) is 48.8 Å². The number of halogens is 1. The van der Waals surface area contributed by atoms with E-state index in [2.05, 4.69) is 22.2 Å². The highest BCUT2D eigenvalue weighted by atomic mass is 35.5. The number of rotatable bonds is 5. The minimum atomic E-state index is 0.126. The summed E-state index contributed by atoms with van der Waals surface area (Å²) in [6.07, 6.45) is 3.46. The molecule has 0 aliphatic carbocycles. The molecule has 0 saturated carbocycles. The number of hydrogen-bond acceptors (Lipinski definition) is 5. The molecule has 6 heteroatoms. The van der Waals surface area contributed by atoms with Crippen molar-refractivity contribution >= 4 is 33.9 Å². The number of fused-ring (bicyclic) bond motifs is 1. The standard InChI is InChI=1S/C19H18ClN3O2/c1-19(10-24-11-19)12-25-15-3-4-16-13(8-15)6-7-21-18(16)23-14-2-5-17(20)22-9-14/h2-9H,10-12H2,1H3,(H,21,23). The lowest BCUT2D eigenvalue weighted by Crippen LogP contribution is -2.44. The molecule has 4 rings (SSSR count). The van der Waals surface area contributed by atoms with Crippen molar-refractivity contribution in [3.63, 3.8) is 0 Å². The molecule has 0 spiro atoms. The summed E-state index contributed by atoms with van der Waals surface area (Å²) in [4.78, 5) is 8.51. The van der Waals surface area contributed by atoms with E-state index < -0.39 is 0 Å². The number of benzene rings is 1. The molecule has 1 saturated heterocycles. The highest BCUT2D eigenvalue weighted by Crippen LogP contribution is 2.30. The maximum Gasteiger partial charge on any atom is 0.138 e. The quantitative estimate of drug-likeness (QED) is 0.685. The van der Waals surface area contributed by atoms with E-state index >= 15 is 0 Å². The van der Waals surface area contributed by atoms with Crippen LogP contribution in [0.1, 0.15) is 6.92 Å². The van der Waals surface area contributed by atoms with Crippen molar-refractivity contribution in [3.05, 3.63) is 53.9 Å². The Labute approximate surface area is 151 Å². The summed E-state index contributed by atoms with van der Waals surface area (Å²) in [6.45, 7) is 4.34. The van der Waals surface area contributed by atoms with Gasteiger partial charge in [0.2, 0.25) is 0 Å². The van der Waals surface area contributed by atoms with Gasteiger partial charge in [-0.25, -0.2) is 9.97 Å². The van der Waals surface area contributed by atoms with Gasteiger partial charge < -0.3 is 14.8 Å². The van der Waals surface area contributed by atoms with Gasteiger partial charge >= 0.3 is 0 Å². The lowest BCUT2D eigenvalue weighted by atomic mass is 9.90. The molecular weight excluding hydrogens is 338 g/mol. The van der Waals surface area contributed by atoms with Gasteiger partial charge in [0.25, 0.3) is 0 Å². The molecule has 1 fully saturated rings. The second-order valence-corrected chi connectivity index (χ2v) is 7.02. The number of nitrogens with zero attached hydrogens (tertiary/aromatic N) is 2. The first-order valence-corrected chi connectivity index (χ1v) is 8.47. The lowest BCUT2D eigenvalue weighted by molar-refractivity contribution is -0.120. The van der Waals surface area contributed by atoms with Gasteiger partial charge in [0, 0.05) is 17.0 Å². The zero-order valence-electron chi connectivity index (χ0n) is 13.8. The predicted octanol–water partition coefficient (Wildman–Crippen LogP) is 4.44. The predicted molar refractivity (Wildman–Crippen MR) is 98.7 cm³/mol. The molecule has 0 bridgehead atoms. The average Bonchev–Trinajstić information content (AvgIpc) is 2.60. The van der Waals surface area contributed by atoms with Crippen molar-refractivity contribution in [1.29, 1.82) is 0 Å². The second kappa shape index (κ2) is 6.50. The zero-order valence-corrected chi connectivity index (χ0v) is 14.6. The van der Waals surface area contributed by atoms with Gasteiger partial charge in [-0.2, -0.15) is 0 Å². The van der Waals surface area contributed by atoms with Crippen LogP contribution < -0.4 is 10.1 Å². The molecule has 2 aromatic heterocycles. The van der Waals surface area contributed by atoms with Crippen molar-refractivity contribution in [2.45, 2.75) is 6.92 Å². The van der Waals surface area contributed by atoms with E-state index in [1.807, 2.05) is 30.3 Å². The second-order valence-electron chi connectivity index (χ2n) is 6.63. The highest BCUT2D eigenvalue weighted by Gasteiger charge is 2.34. The fourth-order valence-electron chi connectivity index (χ4n) is 2.72. The number of anilines is 2. The molecule has 1 aromatic carbocycles. The van der Waals surface area contributed by atoms with Gasteiger partial charge in [-0.05, 0) is 41.8 Å². The van der Waals surface area contributed by atoms with Gasteiger partial charge in [0.15, 0.2) is 0 Å². The summed E-state index contributed by atoms with van der Waals surface area (Å²) in [5.41, 5.74) is 0.962. The average molecular weight is 356 g/mol. The van der Waals surface area contributed by atoms with Crippen LogP contribution in [-0.2, 0) is 4.74 Å². The fourth-order valence-corrected chi connectivity index (χ4v) is 2.84. The van der Waals surface area contributed by atoms with E-state index in [-0.39, 0.29) is 5.41 Å². The molecule has 0 radical (unpaired) electrons. The third kappa shape index (κ3) is 3.52. The smallest absolute Gasteiger partial charge is 0.138 e. The van der Waals surface area contributed by atoms with E-state index in [4.69, 9.17) is 21.1 Å². The van der Waals surface area contributed by atoms with Crippen LogP contribution in [0.3, 0.4) is 0 Å². The Morgan fingerprint density at radius 3 is 2.80 bits per heavy atom. The summed E-state index contributed by atoms with van der Waals surface area (Å²) in [6, 6.07) is 11.6. The zero-order chi connectivity index (χ0) is 17.3. The topological polar surface area (TPSA) is 56.3 Å². The van der Waals surface area contributed by atoms with Gasteiger partial charge in [0.1, 0.15) is 16.7 Å². The van der Waals surface area contributed by atoms with Gasteiger partial charge in [-0.3, -0.25) is 0 Å². The molecule has 25 heavy (non-hydrogen) atoms. The van der Waals surface area contributed by atoms with Crippen LogP contribution in [0.25, 0.3) is 10.8 Å². The molecule has 1 N–H and O–H groups in total. The summed E-state index contributed by atoms with van der Waals surface area (Å²) in [7, 11) is 0. The van der Waals surface area contributed by atoms with E-state index in [9.17, 15) is 0 Å². The number of aromatic nitrogens is 2. The summed E-state index contributed by atoms with van der Waals surface area (Å²) in [5.74, 6) is 1.62. The molecule has 3 heterocycles. The number of pyridine rings is 2. The summed E-state index contributed by atoms with van der Waals surface area (Å²) < 4.78 is 11.2. The molecule has 1 aliphatic rings. The first-order valence-electron chi connectivity index (χ1n) is 8.09. The maximum atomic E-state index is 5.95.